The molecule has 0 spiro atoms. The van der Waals surface area contributed by atoms with E-state index >= 15 is 0 Å². The second-order valence-electron chi connectivity index (χ2n) is 2.50. The van der Waals surface area contributed by atoms with Crippen LogP contribution in [0.5, 0.6) is 0 Å². The first kappa shape index (κ1) is 10.2. The minimum atomic E-state index is -0.322. The first-order valence-electron chi connectivity index (χ1n) is 3.94. The summed E-state index contributed by atoms with van der Waals surface area (Å²) in [6, 6.07) is 0. The summed E-state index contributed by atoms with van der Waals surface area (Å²) in [5.74, 6) is -0.322. The SMILES string of the molecule is CCOC(=O)c1c(CBr)cnn1C. The number of hydrogen-bond acceptors (Lipinski definition) is 3. The molecule has 1 aromatic heterocycles. The highest BCUT2D eigenvalue weighted by atomic mass is 79.9. The van der Waals surface area contributed by atoms with Crippen LogP contribution in [-0.2, 0) is 17.1 Å². The number of hydrogen-bond donors (Lipinski definition) is 0. The van der Waals surface area contributed by atoms with E-state index in [1.54, 1.807) is 20.2 Å². The zero-order valence-corrected chi connectivity index (χ0v) is 9.17. The Labute approximate surface area is 85.0 Å². The Morgan fingerprint density at radius 3 is 3.00 bits per heavy atom. The van der Waals surface area contributed by atoms with Crippen molar-refractivity contribution in [1.82, 2.24) is 9.78 Å². The molecule has 1 heterocycles. The predicted octanol–water partition coefficient (Wildman–Crippen LogP) is 1.49. The van der Waals surface area contributed by atoms with Crippen LogP contribution >= 0.6 is 15.9 Å². The van der Waals surface area contributed by atoms with Crippen LogP contribution in [0.15, 0.2) is 6.20 Å². The summed E-state index contributed by atoms with van der Waals surface area (Å²) in [6.07, 6.45) is 1.65. The summed E-state index contributed by atoms with van der Waals surface area (Å²) in [5, 5.41) is 4.58. The van der Waals surface area contributed by atoms with Gasteiger partial charge in [-0.15, -0.1) is 0 Å². The Bertz CT molecular complexity index is 309. The second-order valence-corrected chi connectivity index (χ2v) is 3.06. The molecule has 0 atom stereocenters. The highest BCUT2D eigenvalue weighted by Crippen LogP contribution is 2.12. The lowest BCUT2D eigenvalue weighted by Crippen LogP contribution is -2.12. The number of esters is 1. The summed E-state index contributed by atoms with van der Waals surface area (Å²) < 4.78 is 6.41. The molecule has 0 aliphatic heterocycles. The summed E-state index contributed by atoms with van der Waals surface area (Å²) in [4.78, 5) is 11.4. The molecule has 0 radical (unpaired) electrons. The summed E-state index contributed by atoms with van der Waals surface area (Å²) in [7, 11) is 1.72. The molecular weight excluding hydrogens is 236 g/mol. The molecule has 1 rings (SSSR count). The molecule has 4 nitrogen and oxygen atoms in total. The molecule has 1 aromatic rings. The maximum atomic E-state index is 11.4. The minimum Gasteiger partial charge on any atom is -0.461 e. The van der Waals surface area contributed by atoms with Gasteiger partial charge in [-0.25, -0.2) is 4.79 Å². The van der Waals surface area contributed by atoms with E-state index in [9.17, 15) is 4.79 Å². The summed E-state index contributed by atoms with van der Waals surface area (Å²) in [6.45, 7) is 2.16. The number of ether oxygens (including phenoxy) is 1. The number of halogens is 1. The Kier molecular flexibility index (Phi) is 3.48. The molecule has 0 N–H and O–H groups in total. The first-order valence-corrected chi connectivity index (χ1v) is 5.06. The van der Waals surface area contributed by atoms with Crippen LogP contribution in [0.2, 0.25) is 0 Å². The number of nitrogens with zero attached hydrogens (tertiary/aromatic N) is 2. The van der Waals surface area contributed by atoms with Crippen LogP contribution in [0, 0.1) is 0 Å². The maximum absolute atomic E-state index is 11.4. The number of carbonyl (C=O) groups is 1. The number of carbonyl (C=O) groups excluding carboxylic acids is 1. The van der Waals surface area contributed by atoms with Gasteiger partial charge in [0, 0.05) is 17.9 Å². The quantitative estimate of drug-likeness (QED) is 0.600. The van der Waals surface area contributed by atoms with E-state index in [0.717, 1.165) is 5.56 Å². The summed E-state index contributed by atoms with van der Waals surface area (Å²) >= 11 is 3.28. The third-order valence-electron chi connectivity index (χ3n) is 1.63. The van der Waals surface area contributed by atoms with Crippen molar-refractivity contribution in [3.05, 3.63) is 17.5 Å². The zero-order valence-electron chi connectivity index (χ0n) is 7.58. The lowest BCUT2D eigenvalue weighted by atomic mass is 10.3. The van der Waals surface area contributed by atoms with Gasteiger partial charge in [-0.1, -0.05) is 15.9 Å². The van der Waals surface area contributed by atoms with Gasteiger partial charge in [-0.3, -0.25) is 4.68 Å². The van der Waals surface area contributed by atoms with Crippen LogP contribution < -0.4 is 0 Å². The molecule has 0 amide bonds. The van der Waals surface area contributed by atoms with Gasteiger partial charge < -0.3 is 4.74 Å². The third-order valence-corrected chi connectivity index (χ3v) is 2.23. The maximum Gasteiger partial charge on any atom is 0.356 e. The predicted molar refractivity (Wildman–Crippen MR) is 51.8 cm³/mol. The minimum absolute atomic E-state index is 0.322. The van der Waals surface area contributed by atoms with Gasteiger partial charge in [0.05, 0.1) is 12.8 Å². The van der Waals surface area contributed by atoms with Gasteiger partial charge in [-0.05, 0) is 6.92 Å². The number of rotatable bonds is 3. The lowest BCUT2D eigenvalue weighted by molar-refractivity contribution is 0.0512. The van der Waals surface area contributed by atoms with Crippen molar-refractivity contribution >= 4 is 21.9 Å². The van der Waals surface area contributed by atoms with Gasteiger partial charge in [0.25, 0.3) is 0 Å². The fourth-order valence-electron chi connectivity index (χ4n) is 1.04. The molecule has 0 unspecified atom stereocenters. The summed E-state index contributed by atoms with van der Waals surface area (Å²) in [5.41, 5.74) is 1.36. The van der Waals surface area contributed by atoms with Crippen molar-refractivity contribution < 1.29 is 9.53 Å². The number of alkyl halides is 1. The highest BCUT2D eigenvalue weighted by Gasteiger charge is 2.16. The smallest absolute Gasteiger partial charge is 0.356 e. The van der Waals surface area contributed by atoms with E-state index in [1.165, 1.54) is 4.68 Å². The van der Waals surface area contributed by atoms with Crippen LogP contribution in [0.1, 0.15) is 23.0 Å². The Morgan fingerprint density at radius 2 is 2.46 bits per heavy atom. The monoisotopic (exact) mass is 246 g/mol. The van der Waals surface area contributed by atoms with Crippen molar-refractivity contribution in [2.24, 2.45) is 7.05 Å². The molecule has 0 fully saturated rings. The van der Waals surface area contributed by atoms with E-state index in [0.29, 0.717) is 17.6 Å². The van der Waals surface area contributed by atoms with Crippen molar-refractivity contribution in [1.29, 1.82) is 0 Å². The molecule has 13 heavy (non-hydrogen) atoms. The van der Waals surface area contributed by atoms with Gasteiger partial charge in [0.2, 0.25) is 0 Å². The topological polar surface area (TPSA) is 44.1 Å². The average molecular weight is 247 g/mol. The van der Waals surface area contributed by atoms with Crippen LogP contribution in [-0.4, -0.2) is 22.4 Å². The molecule has 0 aliphatic rings. The van der Waals surface area contributed by atoms with E-state index in [2.05, 4.69) is 21.0 Å². The van der Waals surface area contributed by atoms with Crippen molar-refractivity contribution in [3.8, 4) is 0 Å². The van der Waals surface area contributed by atoms with Crippen molar-refractivity contribution in [2.45, 2.75) is 12.3 Å². The molecule has 0 aromatic carbocycles. The second kappa shape index (κ2) is 4.41. The first-order chi connectivity index (χ1) is 6.20. The van der Waals surface area contributed by atoms with Crippen LogP contribution in [0.4, 0.5) is 0 Å². The van der Waals surface area contributed by atoms with Crippen molar-refractivity contribution in [3.63, 3.8) is 0 Å². The number of aromatic nitrogens is 2. The Hall–Kier alpha value is -0.840. The Morgan fingerprint density at radius 1 is 1.77 bits per heavy atom. The van der Waals surface area contributed by atoms with E-state index in [-0.39, 0.29) is 5.97 Å². The molecule has 0 aliphatic carbocycles. The van der Waals surface area contributed by atoms with Crippen LogP contribution in [0.25, 0.3) is 0 Å². The standard InChI is InChI=1S/C8H11BrN2O2/c1-3-13-8(12)7-6(4-9)5-10-11(7)2/h5H,3-4H2,1-2H3. The largest absolute Gasteiger partial charge is 0.461 e. The molecule has 5 heteroatoms. The highest BCUT2D eigenvalue weighted by molar-refractivity contribution is 9.08. The lowest BCUT2D eigenvalue weighted by Gasteiger charge is -2.03. The van der Waals surface area contributed by atoms with Gasteiger partial charge >= 0.3 is 5.97 Å². The van der Waals surface area contributed by atoms with E-state index < -0.39 is 0 Å². The zero-order chi connectivity index (χ0) is 9.84. The van der Waals surface area contributed by atoms with Crippen molar-refractivity contribution in [2.75, 3.05) is 6.61 Å². The third kappa shape index (κ3) is 2.09. The van der Waals surface area contributed by atoms with E-state index in [1.807, 2.05) is 0 Å². The van der Waals surface area contributed by atoms with Crippen LogP contribution in [0.3, 0.4) is 0 Å². The average Bonchev–Trinajstić information content (AvgIpc) is 2.47. The van der Waals surface area contributed by atoms with Gasteiger partial charge in [-0.2, -0.15) is 5.10 Å². The Balaban J connectivity index is 2.96. The molecule has 0 saturated heterocycles. The van der Waals surface area contributed by atoms with Gasteiger partial charge in [0.1, 0.15) is 5.69 Å². The molecule has 0 bridgehead atoms. The number of aryl methyl sites for hydroxylation is 1. The molecule has 72 valence electrons. The fraction of sp³-hybridized carbons (Fsp3) is 0.500. The molecular formula is C8H11BrN2O2. The van der Waals surface area contributed by atoms with E-state index in [4.69, 9.17) is 4.74 Å². The normalized spacial score (nSPS) is 10.1. The van der Waals surface area contributed by atoms with Gasteiger partial charge in [0.15, 0.2) is 0 Å². The fourth-order valence-corrected chi connectivity index (χ4v) is 1.45. The molecule has 0 saturated carbocycles.